The SMILES string of the molecule is CC(C)c1ccc(CC2(O)CCNCC2)cc1. The highest BCUT2D eigenvalue weighted by Gasteiger charge is 2.28. The zero-order valence-corrected chi connectivity index (χ0v) is 10.9. The van der Waals surface area contributed by atoms with E-state index in [1.807, 2.05) is 0 Å². The minimum atomic E-state index is -0.495. The minimum Gasteiger partial charge on any atom is -0.389 e. The maximum atomic E-state index is 10.5. The van der Waals surface area contributed by atoms with Crippen LogP contribution in [0, 0.1) is 0 Å². The van der Waals surface area contributed by atoms with Crippen molar-refractivity contribution in [3.63, 3.8) is 0 Å². The lowest BCUT2D eigenvalue weighted by molar-refractivity contribution is 0.0109. The molecule has 0 spiro atoms. The lowest BCUT2D eigenvalue weighted by atomic mass is 9.85. The van der Waals surface area contributed by atoms with Gasteiger partial charge in [0, 0.05) is 6.42 Å². The van der Waals surface area contributed by atoms with Crippen molar-refractivity contribution in [2.45, 2.75) is 44.6 Å². The minimum absolute atomic E-state index is 0.495. The summed E-state index contributed by atoms with van der Waals surface area (Å²) in [6, 6.07) is 8.69. The van der Waals surface area contributed by atoms with E-state index in [4.69, 9.17) is 0 Å². The fourth-order valence-electron chi connectivity index (χ4n) is 2.47. The molecule has 0 unspecified atom stereocenters. The normalized spacial score (nSPS) is 19.5. The van der Waals surface area contributed by atoms with Gasteiger partial charge in [0.05, 0.1) is 5.60 Å². The summed E-state index contributed by atoms with van der Waals surface area (Å²) < 4.78 is 0. The molecular weight excluding hydrogens is 210 g/mol. The van der Waals surface area contributed by atoms with Gasteiger partial charge in [-0.25, -0.2) is 0 Å². The van der Waals surface area contributed by atoms with Gasteiger partial charge in [0.2, 0.25) is 0 Å². The van der Waals surface area contributed by atoms with E-state index in [0.29, 0.717) is 5.92 Å². The van der Waals surface area contributed by atoms with Gasteiger partial charge in [-0.1, -0.05) is 38.1 Å². The Labute approximate surface area is 104 Å². The summed E-state index contributed by atoms with van der Waals surface area (Å²) in [5, 5.41) is 13.8. The second-order valence-electron chi connectivity index (χ2n) is 5.55. The summed E-state index contributed by atoms with van der Waals surface area (Å²) in [5.74, 6) is 0.575. The van der Waals surface area contributed by atoms with Crippen LogP contribution in [0.4, 0.5) is 0 Å². The third-order valence-corrected chi connectivity index (χ3v) is 3.71. The molecule has 1 aromatic rings. The van der Waals surface area contributed by atoms with Crippen molar-refractivity contribution in [3.8, 4) is 0 Å². The molecule has 1 heterocycles. The predicted molar refractivity (Wildman–Crippen MR) is 71.3 cm³/mol. The van der Waals surface area contributed by atoms with E-state index in [9.17, 15) is 5.11 Å². The van der Waals surface area contributed by atoms with E-state index >= 15 is 0 Å². The zero-order chi connectivity index (χ0) is 12.3. The summed E-state index contributed by atoms with van der Waals surface area (Å²) in [6.07, 6.45) is 2.50. The van der Waals surface area contributed by atoms with Crippen LogP contribution in [-0.2, 0) is 6.42 Å². The Hall–Kier alpha value is -0.860. The van der Waals surface area contributed by atoms with Crippen molar-refractivity contribution in [2.75, 3.05) is 13.1 Å². The van der Waals surface area contributed by atoms with Crippen molar-refractivity contribution in [1.82, 2.24) is 5.32 Å². The number of rotatable bonds is 3. The van der Waals surface area contributed by atoms with Crippen LogP contribution < -0.4 is 5.32 Å². The number of aliphatic hydroxyl groups is 1. The molecule has 1 saturated heterocycles. The number of nitrogens with one attached hydrogen (secondary N) is 1. The molecule has 1 aliphatic rings. The van der Waals surface area contributed by atoms with Crippen LogP contribution >= 0.6 is 0 Å². The van der Waals surface area contributed by atoms with Crippen molar-refractivity contribution >= 4 is 0 Å². The lowest BCUT2D eigenvalue weighted by Crippen LogP contribution is -2.43. The molecule has 1 aliphatic heterocycles. The quantitative estimate of drug-likeness (QED) is 0.840. The van der Waals surface area contributed by atoms with Gasteiger partial charge in [-0.15, -0.1) is 0 Å². The molecule has 1 fully saturated rings. The van der Waals surface area contributed by atoms with Crippen molar-refractivity contribution < 1.29 is 5.11 Å². The van der Waals surface area contributed by atoms with Crippen LogP contribution in [0.3, 0.4) is 0 Å². The summed E-state index contributed by atoms with van der Waals surface area (Å²) in [7, 11) is 0. The molecule has 0 amide bonds. The van der Waals surface area contributed by atoms with Gasteiger partial charge in [-0.2, -0.15) is 0 Å². The largest absolute Gasteiger partial charge is 0.389 e. The van der Waals surface area contributed by atoms with Crippen LogP contribution in [0.1, 0.15) is 43.7 Å². The molecule has 2 nitrogen and oxygen atoms in total. The Kier molecular flexibility index (Phi) is 3.85. The Balaban J connectivity index is 2.03. The second kappa shape index (κ2) is 5.19. The first-order valence-corrected chi connectivity index (χ1v) is 6.61. The zero-order valence-electron chi connectivity index (χ0n) is 10.9. The third-order valence-electron chi connectivity index (χ3n) is 3.71. The first kappa shape index (κ1) is 12.6. The topological polar surface area (TPSA) is 32.3 Å². The Morgan fingerprint density at radius 3 is 2.29 bits per heavy atom. The standard InChI is InChI=1S/C15H23NO/c1-12(2)14-5-3-13(4-6-14)11-15(17)7-9-16-10-8-15/h3-6,12,16-17H,7-11H2,1-2H3. The molecule has 0 aliphatic carbocycles. The van der Waals surface area contributed by atoms with Gasteiger partial charge < -0.3 is 10.4 Å². The molecule has 1 aromatic carbocycles. The molecule has 2 rings (SSSR count). The van der Waals surface area contributed by atoms with Crippen LogP contribution in [0.15, 0.2) is 24.3 Å². The van der Waals surface area contributed by atoms with E-state index in [2.05, 4.69) is 43.4 Å². The van der Waals surface area contributed by atoms with E-state index < -0.39 is 5.60 Å². The average Bonchev–Trinajstić information content (AvgIpc) is 2.30. The monoisotopic (exact) mass is 233 g/mol. The van der Waals surface area contributed by atoms with Gasteiger partial charge in [-0.05, 0) is 43.0 Å². The molecule has 2 heteroatoms. The van der Waals surface area contributed by atoms with Crippen LogP contribution in [-0.4, -0.2) is 23.8 Å². The Morgan fingerprint density at radius 2 is 1.76 bits per heavy atom. The average molecular weight is 233 g/mol. The van der Waals surface area contributed by atoms with Crippen LogP contribution in [0.2, 0.25) is 0 Å². The maximum Gasteiger partial charge on any atom is 0.0712 e. The van der Waals surface area contributed by atoms with Crippen molar-refractivity contribution in [2.24, 2.45) is 0 Å². The second-order valence-corrected chi connectivity index (χ2v) is 5.55. The molecule has 0 aromatic heterocycles. The third kappa shape index (κ3) is 3.30. The number of benzene rings is 1. The van der Waals surface area contributed by atoms with Gasteiger partial charge in [0.25, 0.3) is 0 Å². The summed E-state index contributed by atoms with van der Waals surface area (Å²) in [5.41, 5.74) is 2.12. The fraction of sp³-hybridized carbons (Fsp3) is 0.600. The Bertz CT molecular complexity index is 350. The molecule has 17 heavy (non-hydrogen) atoms. The highest BCUT2D eigenvalue weighted by Crippen LogP contribution is 2.24. The van der Waals surface area contributed by atoms with Gasteiger partial charge >= 0.3 is 0 Å². The van der Waals surface area contributed by atoms with Crippen molar-refractivity contribution in [1.29, 1.82) is 0 Å². The number of hydrogen-bond donors (Lipinski definition) is 2. The molecule has 2 N–H and O–H groups in total. The molecule has 0 bridgehead atoms. The van der Waals surface area contributed by atoms with E-state index in [0.717, 1.165) is 32.4 Å². The molecular formula is C15H23NO. The van der Waals surface area contributed by atoms with E-state index in [-0.39, 0.29) is 0 Å². The molecule has 94 valence electrons. The highest BCUT2D eigenvalue weighted by molar-refractivity contribution is 5.25. The van der Waals surface area contributed by atoms with Crippen LogP contribution in [0.5, 0.6) is 0 Å². The van der Waals surface area contributed by atoms with Gasteiger partial charge in [0.1, 0.15) is 0 Å². The summed E-state index contributed by atoms with van der Waals surface area (Å²) in [6.45, 7) is 6.27. The first-order chi connectivity index (χ1) is 8.09. The van der Waals surface area contributed by atoms with Gasteiger partial charge in [-0.3, -0.25) is 0 Å². The smallest absolute Gasteiger partial charge is 0.0712 e. The van der Waals surface area contributed by atoms with E-state index in [1.165, 1.54) is 11.1 Å². The number of piperidine rings is 1. The first-order valence-electron chi connectivity index (χ1n) is 6.61. The van der Waals surface area contributed by atoms with E-state index in [1.54, 1.807) is 0 Å². The maximum absolute atomic E-state index is 10.5. The molecule has 0 atom stereocenters. The van der Waals surface area contributed by atoms with Crippen LogP contribution in [0.25, 0.3) is 0 Å². The van der Waals surface area contributed by atoms with Gasteiger partial charge in [0.15, 0.2) is 0 Å². The fourth-order valence-corrected chi connectivity index (χ4v) is 2.47. The number of hydrogen-bond acceptors (Lipinski definition) is 2. The predicted octanol–water partition coefficient (Wildman–Crippen LogP) is 2.47. The lowest BCUT2D eigenvalue weighted by Gasteiger charge is -2.32. The van der Waals surface area contributed by atoms with Crippen molar-refractivity contribution in [3.05, 3.63) is 35.4 Å². The Morgan fingerprint density at radius 1 is 1.18 bits per heavy atom. The molecule has 0 saturated carbocycles. The summed E-state index contributed by atoms with van der Waals surface area (Å²) in [4.78, 5) is 0. The molecule has 0 radical (unpaired) electrons. The highest BCUT2D eigenvalue weighted by atomic mass is 16.3. The summed E-state index contributed by atoms with van der Waals surface area (Å²) >= 11 is 0.